The maximum atomic E-state index is 14.5. The Balaban J connectivity index is 1.28. The summed E-state index contributed by atoms with van der Waals surface area (Å²) in [6.45, 7) is -0.0492. The number of anilines is 1. The van der Waals surface area contributed by atoms with E-state index in [0.717, 1.165) is 46.6 Å². The summed E-state index contributed by atoms with van der Waals surface area (Å²) in [6, 6.07) is 37.2. The van der Waals surface area contributed by atoms with Gasteiger partial charge in [-0.25, -0.2) is 4.39 Å². The van der Waals surface area contributed by atoms with Gasteiger partial charge in [0.25, 0.3) is 0 Å². The second kappa shape index (κ2) is 10.8. The molecule has 5 nitrogen and oxygen atoms in total. The minimum atomic E-state index is -0.514. The molecule has 1 aliphatic carbocycles. The van der Waals surface area contributed by atoms with Crippen molar-refractivity contribution in [1.29, 1.82) is 0 Å². The minimum absolute atomic E-state index is 0.0181. The quantitative estimate of drug-likeness (QED) is 0.220. The van der Waals surface area contributed by atoms with Gasteiger partial charge in [0.05, 0.1) is 23.0 Å². The van der Waals surface area contributed by atoms with Gasteiger partial charge in [0, 0.05) is 12.2 Å². The molecular formula is C36H30FN3O2. The number of carbonyl (C=O) groups is 2. The number of hydrogen-bond donors (Lipinski definition) is 0. The lowest BCUT2D eigenvalue weighted by Gasteiger charge is -2.40. The number of halogens is 1. The van der Waals surface area contributed by atoms with E-state index in [1.165, 1.54) is 12.1 Å². The first kappa shape index (κ1) is 26.0. The van der Waals surface area contributed by atoms with Crippen molar-refractivity contribution in [2.24, 2.45) is 0 Å². The molecule has 0 radical (unpaired) electrons. The van der Waals surface area contributed by atoms with Crippen LogP contribution < -0.4 is 4.90 Å². The Morgan fingerprint density at radius 2 is 1.33 bits per heavy atom. The molecule has 1 fully saturated rings. The number of nitrogens with zero attached hydrogens (tertiary/aromatic N) is 3. The van der Waals surface area contributed by atoms with Gasteiger partial charge in [0.2, 0.25) is 11.8 Å². The molecule has 1 atom stereocenters. The molecule has 2 amide bonds. The topological polar surface area (TPSA) is 45.6 Å². The van der Waals surface area contributed by atoms with Crippen molar-refractivity contribution in [1.82, 2.24) is 9.47 Å². The molecule has 2 aliphatic rings. The van der Waals surface area contributed by atoms with Gasteiger partial charge in [-0.2, -0.15) is 0 Å². The van der Waals surface area contributed by atoms with Crippen LogP contribution in [0, 0.1) is 5.82 Å². The highest BCUT2D eigenvalue weighted by molar-refractivity contribution is 6.01. The van der Waals surface area contributed by atoms with Crippen LogP contribution in [0.5, 0.6) is 0 Å². The minimum Gasteiger partial charge on any atom is -0.330 e. The molecule has 6 heteroatoms. The lowest BCUT2D eigenvalue weighted by Crippen LogP contribution is -2.48. The zero-order valence-corrected chi connectivity index (χ0v) is 23.0. The highest BCUT2D eigenvalue weighted by Gasteiger charge is 2.42. The number of fused-ring (bicyclic) bond motifs is 3. The van der Waals surface area contributed by atoms with Crippen molar-refractivity contribution in [2.45, 2.75) is 30.8 Å². The van der Waals surface area contributed by atoms with Gasteiger partial charge >= 0.3 is 0 Å². The summed E-state index contributed by atoms with van der Waals surface area (Å²) in [6.07, 6.45) is 3.73. The monoisotopic (exact) mass is 555 g/mol. The van der Waals surface area contributed by atoms with Crippen LogP contribution in [0.1, 0.15) is 47.2 Å². The average molecular weight is 556 g/mol. The second-order valence-corrected chi connectivity index (χ2v) is 11.0. The van der Waals surface area contributed by atoms with E-state index in [0.29, 0.717) is 0 Å². The Bertz CT molecular complexity index is 1690. The summed E-state index contributed by atoms with van der Waals surface area (Å²) in [5, 5.41) is 0. The molecule has 42 heavy (non-hydrogen) atoms. The Labute approximate surface area is 244 Å². The van der Waals surface area contributed by atoms with Crippen LogP contribution in [0.3, 0.4) is 0 Å². The molecule has 0 saturated heterocycles. The first-order chi connectivity index (χ1) is 20.6. The smallest absolute Gasteiger partial charge is 0.247 e. The maximum absolute atomic E-state index is 14.5. The Hall–Kier alpha value is -4.97. The predicted octanol–water partition coefficient (Wildman–Crippen LogP) is 6.88. The van der Waals surface area contributed by atoms with Gasteiger partial charge < -0.3 is 9.47 Å². The molecule has 1 unspecified atom stereocenters. The average Bonchev–Trinajstić information content (AvgIpc) is 3.75. The number of benzene rings is 4. The van der Waals surface area contributed by atoms with E-state index in [4.69, 9.17) is 0 Å². The normalized spacial score (nSPS) is 15.7. The Kier molecular flexibility index (Phi) is 6.67. The largest absolute Gasteiger partial charge is 0.330 e. The molecule has 7 rings (SSSR count). The van der Waals surface area contributed by atoms with Crippen LogP contribution in [0.25, 0.3) is 5.69 Å². The number of rotatable bonds is 7. The molecule has 208 valence electrons. The summed E-state index contributed by atoms with van der Waals surface area (Å²) in [5.41, 5.74) is 5.15. The van der Waals surface area contributed by atoms with E-state index in [1.807, 2.05) is 103 Å². The fourth-order valence-corrected chi connectivity index (χ4v) is 6.15. The molecule has 0 bridgehead atoms. The van der Waals surface area contributed by atoms with Gasteiger partial charge in [-0.15, -0.1) is 0 Å². The van der Waals surface area contributed by atoms with Gasteiger partial charge in [-0.1, -0.05) is 84.9 Å². The summed E-state index contributed by atoms with van der Waals surface area (Å²) in [7, 11) is 0. The molecular weight excluding hydrogens is 525 g/mol. The summed E-state index contributed by atoms with van der Waals surface area (Å²) < 4.78 is 16.0. The third kappa shape index (κ3) is 4.69. The second-order valence-electron chi connectivity index (χ2n) is 11.0. The number of carbonyl (C=O) groups excluding carboxylic acids is 2. The van der Waals surface area contributed by atoms with E-state index in [-0.39, 0.29) is 30.2 Å². The highest BCUT2D eigenvalue weighted by Crippen LogP contribution is 2.43. The fraction of sp³-hybridized carbons (Fsp3) is 0.167. The van der Waals surface area contributed by atoms with Crippen LogP contribution in [0.2, 0.25) is 0 Å². The van der Waals surface area contributed by atoms with E-state index < -0.39 is 12.0 Å². The first-order valence-corrected chi connectivity index (χ1v) is 14.3. The van der Waals surface area contributed by atoms with Crippen molar-refractivity contribution in [3.8, 4) is 5.69 Å². The van der Waals surface area contributed by atoms with E-state index in [2.05, 4.69) is 4.57 Å². The zero-order chi connectivity index (χ0) is 28.6. The van der Waals surface area contributed by atoms with Crippen LogP contribution in [0.15, 0.2) is 128 Å². The van der Waals surface area contributed by atoms with Crippen LogP contribution in [-0.4, -0.2) is 33.9 Å². The fourth-order valence-electron chi connectivity index (χ4n) is 6.15. The molecule has 2 heterocycles. The lowest BCUT2D eigenvalue weighted by atomic mass is 9.90. The van der Waals surface area contributed by atoms with Gasteiger partial charge in [0.1, 0.15) is 18.4 Å². The van der Waals surface area contributed by atoms with Crippen molar-refractivity contribution in [2.75, 3.05) is 11.4 Å². The number of aromatic nitrogens is 1. The molecule has 1 aliphatic heterocycles. The molecule has 4 aromatic carbocycles. The number of para-hydroxylation sites is 2. The van der Waals surface area contributed by atoms with Gasteiger partial charge in [0.15, 0.2) is 0 Å². The lowest BCUT2D eigenvalue weighted by molar-refractivity contribution is -0.136. The van der Waals surface area contributed by atoms with Crippen molar-refractivity contribution in [3.05, 3.63) is 156 Å². The van der Waals surface area contributed by atoms with E-state index in [9.17, 15) is 14.0 Å². The van der Waals surface area contributed by atoms with E-state index in [1.54, 1.807) is 21.9 Å². The third-order valence-electron chi connectivity index (χ3n) is 8.26. The van der Waals surface area contributed by atoms with Crippen molar-refractivity contribution >= 4 is 17.5 Å². The van der Waals surface area contributed by atoms with Gasteiger partial charge in [-0.05, 0) is 65.9 Å². The van der Waals surface area contributed by atoms with E-state index >= 15 is 0 Å². The first-order valence-electron chi connectivity index (χ1n) is 14.3. The van der Waals surface area contributed by atoms with Gasteiger partial charge in [-0.3, -0.25) is 14.5 Å². The van der Waals surface area contributed by atoms with Crippen molar-refractivity contribution < 1.29 is 14.0 Å². The third-order valence-corrected chi connectivity index (χ3v) is 8.26. The maximum Gasteiger partial charge on any atom is 0.247 e. The van der Waals surface area contributed by atoms with Crippen LogP contribution in [-0.2, 0) is 9.59 Å². The summed E-state index contributed by atoms with van der Waals surface area (Å²) in [5.74, 6) is -1.10. The number of amides is 2. The SMILES string of the molecule is O=C(C(c1ccccc1)c1ccccc1)N(CC(=O)N1c2ccccc2-n2cccc2C1c1ccc(F)cc1)C1CC1. The predicted molar refractivity (Wildman–Crippen MR) is 161 cm³/mol. The Morgan fingerprint density at radius 1 is 0.738 bits per heavy atom. The summed E-state index contributed by atoms with van der Waals surface area (Å²) in [4.78, 5) is 32.6. The van der Waals surface area contributed by atoms with Crippen LogP contribution >= 0.6 is 0 Å². The number of hydrogen-bond acceptors (Lipinski definition) is 2. The standard InChI is InChI=1S/C36H30FN3O2/c37-28-19-17-27(18-20-28)35-32-16-9-23-38(32)30-14-7-8-15-31(30)40(35)33(41)24-39(29-21-22-29)36(42)34(25-10-3-1-4-11-25)26-12-5-2-6-13-26/h1-20,23,29,34-35H,21-22,24H2. The van der Waals surface area contributed by atoms with Crippen molar-refractivity contribution in [3.63, 3.8) is 0 Å². The molecule has 1 saturated carbocycles. The highest BCUT2D eigenvalue weighted by atomic mass is 19.1. The summed E-state index contributed by atoms with van der Waals surface area (Å²) >= 11 is 0. The molecule has 5 aromatic rings. The molecule has 0 N–H and O–H groups in total. The zero-order valence-electron chi connectivity index (χ0n) is 23.0. The Morgan fingerprint density at radius 3 is 1.95 bits per heavy atom. The molecule has 0 spiro atoms. The molecule has 1 aromatic heterocycles. The van der Waals surface area contributed by atoms with Crippen LogP contribution in [0.4, 0.5) is 10.1 Å².